The van der Waals surface area contributed by atoms with Crippen LogP contribution in [-0.2, 0) is 0 Å². The van der Waals surface area contributed by atoms with E-state index in [2.05, 4.69) is 10.5 Å². The SMILES string of the molecule is C/C(=N\NC(=O)c1ccc([N+](=O)[O-])cc1)c1ccccc1Cl. The molecule has 0 saturated carbocycles. The van der Waals surface area contributed by atoms with E-state index in [0.29, 0.717) is 16.3 Å². The van der Waals surface area contributed by atoms with Gasteiger partial charge in [-0.1, -0.05) is 29.8 Å². The molecule has 2 aromatic carbocycles. The molecule has 22 heavy (non-hydrogen) atoms. The van der Waals surface area contributed by atoms with E-state index in [4.69, 9.17) is 11.6 Å². The molecule has 0 saturated heterocycles. The number of nitro groups is 1. The van der Waals surface area contributed by atoms with E-state index in [9.17, 15) is 14.9 Å². The zero-order chi connectivity index (χ0) is 16.1. The number of benzene rings is 2. The van der Waals surface area contributed by atoms with Gasteiger partial charge in [-0.15, -0.1) is 0 Å². The average molecular weight is 318 g/mol. The first-order valence-corrected chi connectivity index (χ1v) is 6.71. The molecule has 0 aromatic heterocycles. The monoisotopic (exact) mass is 317 g/mol. The molecule has 7 heteroatoms. The topological polar surface area (TPSA) is 84.6 Å². The molecule has 0 fully saturated rings. The van der Waals surface area contributed by atoms with Gasteiger partial charge < -0.3 is 0 Å². The third kappa shape index (κ3) is 3.67. The highest BCUT2D eigenvalue weighted by molar-refractivity contribution is 6.34. The molecule has 0 aliphatic heterocycles. The van der Waals surface area contributed by atoms with Crippen LogP contribution in [0, 0.1) is 10.1 Å². The van der Waals surface area contributed by atoms with Crippen LogP contribution in [0.4, 0.5) is 5.69 Å². The van der Waals surface area contributed by atoms with Crippen molar-refractivity contribution in [3.8, 4) is 0 Å². The van der Waals surface area contributed by atoms with Crippen molar-refractivity contribution in [2.24, 2.45) is 5.10 Å². The van der Waals surface area contributed by atoms with E-state index in [1.54, 1.807) is 25.1 Å². The lowest BCUT2D eigenvalue weighted by Crippen LogP contribution is -2.19. The maximum Gasteiger partial charge on any atom is 0.271 e. The van der Waals surface area contributed by atoms with Crippen LogP contribution in [0.1, 0.15) is 22.8 Å². The highest BCUT2D eigenvalue weighted by atomic mass is 35.5. The van der Waals surface area contributed by atoms with Gasteiger partial charge in [0.25, 0.3) is 11.6 Å². The van der Waals surface area contributed by atoms with Crippen LogP contribution in [-0.4, -0.2) is 16.5 Å². The van der Waals surface area contributed by atoms with E-state index in [1.165, 1.54) is 24.3 Å². The van der Waals surface area contributed by atoms with E-state index in [1.807, 2.05) is 6.07 Å². The summed E-state index contributed by atoms with van der Waals surface area (Å²) in [5, 5.41) is 15.1. The Bertz CT molecular complexity index is 742. The highest BCUT2D eigenvalue weighted by Gasteiger charge is 2.09. The first kappa shape index (κ1) is 15.7. The van der Waals surface area contributed by atoms with Crippen LogP contribution in [0.5, 0.6) is 0 Å². The summed E-state index contributed by atoms with van der Waals surface area (Å²) in [5.74, 6) is -0.457. The highest BCUT2D eigenvalue weighted by Crippen LogP contribution is 2.16. The second kappa shape index (κ2) is 6.82. The van der Waals surface area contributed by atoms with Gasteiger partial charge in [0.05, 0.1) is 10.6 Å². The number of halogens is 1. The number of amides is 1. The Kier molecular flexibility index (Phi) is 4.85. The molecule has 0 atom stereocenters. The maximum absolute atomic E-state index is 11.9. The fourth-order valence-electron chi connectivity index (χ4n) is 1.75. The molecule has 6 nitrogen and oxygen atoms in total. The predicted molar refractivity (Wildman–Crippen MR) is 84.2 cm³/mol. The fraction of sp³-hybridized carbons (Fsp3) is 0.0667. The van der Waals surface area contributed by atoms with Crippen molar-refractivity contribution >= 4 is 28.9 Å². The third-order valence-corrected chi connectivity index (χ3v) is 3.26. The van der Waals surface area contributed by atoms with Crippen LogP contribution in [0.3, 0.4) is 0 Å². The molecule has 112 valence electrons. The number of hydrogen-bond donors (Lipinski definition) is 1. The molecule has 2 rings (SSSR count). The predicted octanol–water partition coefficient (Wildman–Crippen LogP) is 3.40. The van der Waals surface area contributed by atoms with Gasteiger partial charge in [0, 0.05) is 28.3 Å². The summed E-state index contributed by atoms with van der Waals surface area (Å²) in [6.45, 7) is 1.72. The molecular weight excluding hydrogens is 306 g/mol. The van der Waals surface area contributed by atoms with Crippen molar-refractivity contribution < 1.29 is 9.72 Å². The molecule has 0 spiro atoms. The molecule has 1 amide bonds. The Labute approximate surface area is 131 Å². The molecule has 0 aliphatic rings. The molecule has 0 aliphatic carbocycles. The Hall–Kier alpha value is -2.73. The summed E-state index contributed by atoms with van der Waals surface area (Å²) in [6.07, 6.45) is 0. The molecule has 0 unspecified atom stereocenters. The van der Waals surface area contributed by atoms with Crippen LogP contribution in [0.2, 0.25) is 5.02 Å². The Morgan fingerprint density at radius 2 is 1.82 bits per heavy atom. The number of nitrogens with one attached hydrogen (secondary N) is 1. The number of hydrogen-bond acceptors (Lipinski definition) is 4. The van der Waals surface area contributed by atoms with Crippen LogP contribution in [0.25, 0.3) is 0 Å². The van der Waals surface area contributed by atoms with E-state index in [0.717, 1.165) is 0 Å². The van der Waals surface area contributed by atoms with E-state index < -0.39 is 10.8 Å². The van der Waals surface area contributed by atoms with Crippen molar-refractivity contribution in [2.75, 3.05) is 0 Å². The summed E-state index contributed by atoms with van der Waals surface area (Å²) >= 11 is 6.04. The van der Waals surface area contributed by atoms with Gasteiger partial charge in [0.15, 0.2) is 0 Å². The van der Waals surface area contributed by atoms with Gasteiger partial charge >= 0.3 is 0 Å². The summed E-state index contributed by atoms with van der Waals surface area (Å²) in [5.41, 5.74) is 3.87. The van der Waals surface area contributed by atoms with Gasteiger partial charge in [-0.05, 0) is 25.1 Å². The minimum atomic E-state index is -0.526. The van der Waals surface area contributed by atoms with Gasteiger partial charge in [-0.25, -0.2) is 5.43 Å². The molecule has 0 bridgehead atoms. The van der Waals surface area contributed by atoms with Gasteiger partial charge in [-0.3, -0.25) is 14.9 Å². The molecule has 0 heterocycles. The first-order valence-electron chi connectivity index (χ1n) is 6.33. The number of non-ortho nitro benzene ring substituents is 1. The minimum Gasteiger partial charge on any atom is -0.267 e. The number of carbonyl (C=O) groups excluding carboxylic acids is 1. The molecule has 1 N–H and O–H groups in total. The second-order valence-electron chi connectivity index (χ2n) is 4.42. The summed E-state index contributed by atoms with van der Waals surface area (Å²) in [7, 11) is 0. The van der Waals surface area contributed by atoms with Crippen molar-refractivity contribution in [1.29, 1.82) is 0 Å². The Balaban J connectivity index is 2.10. The largest absolute Gasteiger partial charge is 0.271 e. The number of nitro benzene ring substituents is 1. The Morgan fingerprint density at radius 1 is 1.18 bits per heavy atom. The number of rotatable bonds is 4. The molecule has 0 radical (unpaired) electrons. The zero-order valence-corrected chi connectivity index (χ0v) is 12.4. The minimum absolute atomic E-state index is 0.0766. The zero-order valence-electron chi connectivity index (χ0n) is 11.6. The molecular formula is C15H12ClN3O3. The third-order valence-electron chi connectivity index (χ3n) is 2.93. The number of hydrazone groups is 1. The fourth-order valence-corrected chi connectivity index (χ4v) is 2.02. The number of nitrogens with zero attached hydrogens (tertiary/aromatic N) is 2. The van der Waals surface area contributed by atoms with Crippen molar-refractivity contribution in [1.82, 2.24) is 5.43 Å². The second-order valence-corrected chi connectivity index (χ2v) is 4.83. The summed E-state index contributed by atoms with van der Waals surface area (Å²) < 4.78 is 0. The van der Waals surface area contributed by atoms with Crippen LogP contribution >= 0.6 is 11.6 Å². The lowest BCUT2D eigenvalue weighted by molar-refractivity contribution is -0.384. The quantitative estimate of drug-likeness (QED) is 0.533. The Morgan fingerprint density at radius 3 is 2.41 bits per heavy atom. The van der Waals surface area contributed by atoms with Crippen LogP contribution in [0.15, 0.2) is 53.6 Å². The number of carbonyl (C=O) groups is 1. The van der Waals surface area contributed by atoms with E-state index >= 15 is 0 Å². The summed E-state index contributed by atoms with van der Waals surface area (Å²) in [6, 6.07) is 12.4. The van der Waals surface area contributed by atoms with Gasteiger partial charge in [0.2, 0.25) is 0 Å². The van der Waals surface area contributed by atoms with Gasteiger partial charge in [-0.2, -0.15) is 5.10 Å². The normalized spacial score (nSPS) is 11.1. The van der Waals surface area contributed by atoms with Crippen molar-refractivity contribution in [3.05, 3.63) is 74.8 Å². The molecule has 2 aromatic rings. The summed E-state index contributed by atoms with van der Waals surface area (Å²) in [4.78, 5) is 22.0. The van der Waals surface area contributed by atoms with Crippen molar-refractivity contribution in [3.63, 3.8) is 0 Å². The van der Waals surface area contributed by atoms with E-state index in [-0.39, 0.29) is 11.3 Å². The first-order chi connectivity index (χ1) is 10.5. The van der Waals surface area contributed by atoms with Crippen molar-refractivity contribution in [2.45, 2.75) is 6.92 Å². The van der Waals surface area contributed by atoms with Crippen LogP contribution < -0.4 is 5.43 Å². The van der Waals surface area contributed by atoms with Gasteiger partial charge in [0.1, 0.15) is 0 Å². The lowest BCUT2D eigenvalue weighted by atomic mass is 10.1. The maximum atomic E-state index is 11.9. The average Bonchev–Trinajstić information content (AvgIpc) is 2.52. The smallest absolute Gasteiger partial charge is 0.267 e. The standard InChI is InChI=1S/C15H12ClN3O3/c1-10(13-4-2-3-5-14(13)16)17-18-15(20)11-6-8-12(9-7-11)19(21)22/h2-9H,1H3,(H,18,20)/b17-10+. The lowest BCUT2D eigenvalue weighted by Gasteiger charge is -2.04.